The third-order valence-electron chi connectivity index (χ3n) is 6.14. The fraction of sp³-hybridized carbons (Fsp3) is 0.292. The molecule has 158 valence electrons. The van der Waals surface area contributed by atoms with E-state index >= 15 is 0 Å². The number of likely N-dealkylation sites (tertiary alicyclic amines) is 1. The van der Waals surface area contributed by atoms with Crippen LogP contribution in [-0.2, 0) is 6.54 Å². The molecule has 0 amide bonds. The van der Waals surface area contributed by atoms with E-state index in [1.165, 1.54) is 6.07 Å². The number of fused-ring (bicyclic) bond motifs is 1. The van der Waals surface area contributed by atoms with Crippen LogP contribution >= 0.6 is 0 Å². The number of rotatable bonds is 4. The molecule has 6 nitrogen and oxygen atoms in total. The van der Waals surface area contributed by atoms with E-state index in [0.29, 0.717) is 5.82 Å². The maximum absolute atomic E-state index is 13.6. The van der Waals surface area contributed by atoms with Crippen LogP contribution in [-0.4, -0.2) is 37.9 Å². The zero-order chi connectivity index (χ0) is 21.4. The number of aromatic nitrogens is 4. The normalized spacial score (nSPS) is 17.3. The molecule has 31 heavy (non-hydrogen) atoms. The van der Waals surface area contributed by atoms with Gasteiger partial charge in [-0.05, 0) is 62.2 Å². The van der Waals surface area contributed by atoms with Gasteiger partial charge in [0.2, 0.25) is 0 Å². The predicted molar refractivity (Wildman–Crippen MR) is 118 cm³/mol. The zero-order valence-electron chi connectivity index (χ0n) is 17.4. The minimum atomic E-state index is -0.218. The van der Waals surface area contributed by atoms with Gasteiger partial charge >= 0.3 is 0 Å². The molecule has 1 unspecified atom stereocenters. The summed E-state index contributed by atoms with van der Waals surface area (Å²) in [4.78, 5) is 29.8. The van der Waals surface area contributed by atoms with Gasteiger partial charge in [0.1, 0.15) is 11.6 Å². The molecule has 2 N–H and O–H groups in total. The third kappa shape index (κ3) is 4.01. The first-order chi connectivity index (χ1) is 15.1. The fourth-order valence-corrected chi connectivity index (χ4v) is 4.51. The second-order valence-electron chi connectivity index (χ2n) is 8.25. The Bertz CT molecular complexity index is 1280. The number of benzene rings is 1. The van der Waals surface area contributed by atoms with Gasteiger partial charge < -0.3 is 9.97 Å². The van der Waals surface area contributed by atoms with E-state index in [0.717, 1.165) is 65.9 Å². The van der Waals surface area contributed by atoms with Gasteiger partial charge in [0, 0.05) is 59.6 Å². The summed E-state index contributed by atoms with van der Waals surface area (Å²) in [6.45, 7) is 4.61. The van der Waals surface area contributed by atoms with Gasteiger partial charge in [-0.1, -0.05) is 0 Å². The number of nitrogens with one attached hydrogen (secondary N) is 2. The highest BCUT2D eigenvalue weighted by atomic mass is 19.1. The van der Waals surface area contributed by atoms with Gasteiger partial charge in [-0.3, -0.25) is 14.7 Å². The average molecular weight is 417 g/mol. The number of nitrogens with zero attached hydrogens (tertiary/aromatic N) is 3. The van der Waals surface area contributed by atoms with Crippen molar-refractivity contribution in [2.75, 3.05) is 13.1 Å². The number of hydrogen-bond donors (Lipinski definition) is 2. The monoisotopic (exact) mass is 417 g/mol. The van der Waals surface area contributed by atoms with Gasteiger partial charge in [-0.2, -0.15) is 0 Å². The number of halogens is 1. The second kappa shape index (κ2) is 8.07. The lowest BCUT2D eigenvalue weighted by Gasteiger charge is -2.32. The summed E-state index contributed by atoms with van der Waals surface area (Å²) in [5, 5.41) is 0.932. The molecule has 4 aromatic rings. The minimum Gasteiger partial charge on any atom is -0.357 e. The summed E-state index contributed by atoms with van der Waals surface area (Å²) in [6, 6.07) is 10.2. The summed E-state index contributed by atoms with van der Waals surface area (Å²) < 4.78 is 13.6. The number of aryl methyl sites for hydroxylation is 1. The maximum atomic E-state index is 13.6. The molecule has 1 saturated heterocycles. The van der Waals surface area contributed by atoms with Crippen molar-refractivity contribution in [1.29, 1.82) is 0 Å². The van der Waals surface area contributed by atoms with E-state index < -0.39 is 0 Å². The fourth-order valence-electron chi connectivity index (χ4n) is 4.51. The van der Waals surface area contributed by atoms with Crippen molar-refractivity contribution < 1.29 is 4.39 Å². The Morgan fingerprint density at radius 2 is 2.00 bits per heavy atom. The Morgan fingerprint density at radius 3 is 2.84 bits per heavy atom. The number of hydrogen-bond acceptors (Lipinski definition) is 4. The molecule has 3 aromatic heterocycles. The summed E-state index contributed by atoms with van der Waals surface area (Å²) in [5.41, 5.74) is 4.70. The lowest BCUT2D eigenvalue weighted by molar-refractivity contribution is 0.196. The highest BCUT2D eigenvalue weighted by molar-refractivity contribution is 5.84. The molecule has 1 fully saturated rings. The van der Waals surface area contributed by atoms with E-state index in [9.17, 15) is 9.18 Å². The molecule has 0 aliphatic carbocycles. The van der Waals surface area contributed by atoms with Crippen molar-refractivity contribution in [2.45, 2.75) is 32.2 Å². The summed E-state index contributed by atoms with van der Waals surface area (Å²) in [6.07, 6.45) is 5.43. The van der Waals surface area contributed by atoms with Crippen molar-refractivity contribution in [1.82, 2.24) is 24.8 Å². The van der Waals surface area contributed by atoms with Crippen molar-refractivity contribution >= 4 is 10.9 Å². The largest absolute Gasteiger partial charge is 0.357 e. The predicted octanol–water partition coefficient (Wildman–Crippen LogP) is 4.14. The summed E-state index contributed by atoms with van der Waals surface area (Å²) in [5.74, 6) is 0.554. The van der Waals surface area contributed by atoms with Gasteiger partial charge in [-0.15, -0.1) is 0 Å². The van der Waals surface area contributed by atoms with E-state index in [-0.39, 0.29) is 17.3 Å². The highest BCUT2D eigenvalue weighted by Gasteiger charge is 2.24. The molecule has 5 rings (SSSR count). The van der Waals surface area contributed by atoms with Crippen LogP contribution in [0.5, 0.6) is 0 Å². The maximum Gasteiger partial charge on any atom is 0.251 e. The third-order valence-corrected chi connectivity index (χ3v) is 6.14. The van der Waals surface area contributed by atoms with Crippen LogP contribution in [0.3, 0.4) is 0 Å². The Balaban J connectivity index is 1.38. The first-order valence-electron chi connectivity index (χ1n) is 10.6. The van der Waals surface area contributed by atoms with E-state index in [1.807, 2.05) is 19.1 Å². The Morgan fingerprint density at radius 1 is 1.16 bits per heavy atom. The molecule has 0 radical (unpaired) electrons. The van der Waals surface area contributed by atoms with Crippen LogP contribution in [0.25, 0.3) is 22.3 Å². The molecule has 1 aromatic carbocycles. The molecular formula is C24H24FN5O. The zero-order valence-corrected chi connectivity index (χ0v) is 17.4. The van der Waals surface area contributed by atoms with Crippen LogP contribution < -0.4 is 5.56 Å². The van der Waals surface area contributed by atoms with Crippen LogP contribution in [0, 0.1) is 12.7 Å². The van der Waals surface area contributed by atoms with E-state index in [2.05, 4.69) is 19.9 Å². The quantitative estimate of drug-likeness (QED) is 0.523. The Hall–Kier alpha value is -3.32. The number of H-pyrrole nitrogens is 2. The number of aromatic amines is 2. The molecule has 1 aliphatic heterocycles. The van der Waals surface area contributed by atoms with E-state index in [4.69, 9.17) is 4.98 Å². The standard InChI is InChI=1S/C24H24FN5O/c1-15-19-11-18(25)4-5-20(19)27-22(15)14-30-10-2-3-17(13-30)21-12-23(31)29-24(28-21)16-6-8-26-9-7-16/h4-9,11-12,17,27H,2-3,10,13-14H2,1H3,(H,28,29,31). The van der Waals surface area contributed by atoms with E-state index in [1.54, 1.807) is 30.6 Å². The van der Waals surface area contributed by atoms with Crippen LogP contribution in [0.15, 0.2) is 53.6 Å². The van der Waals surface area contributed by atoms with Gasteiger partial charge in [-0.25, -0.2) is 9.37 Å². The lowest BCUT2D eigenvalue weighted by atomic mass is 9.94. The molecule has 0 saturated carbocycles. The first kappa shape index (κ1) is 19.6. The average Bonchev–Trinajstić information content (AvgIpc) is 3.09. The van der Waals surface area contributed by atoms with Crippen LogP contribution in [0.1, 0.15) is 35.7 Å². The van der Waals surface area contributed by atoms with Crippen molar-refractivity contribution in [3.63, 3.8) is 0 Å². The summed E-state index contributed by atoms with van der Waals surface area (Å²) in [7, 11) is 0. The van der Waals surface area contributed by atoms with Crippen LogP contribution in [0.2, 0.25) is 0 Å². The van der Waals surface area contributed by atoms with Gasteiger partial charge in [0.15, 0.2) is 0 Å². The number of pyridine rings is 1. The second-order valence-corrected chi connectivity index (χ2v) is 8.25. The van der Waals surface area contributed by atoms with Crippen molar-refractivity contribution in [3.05, 3.63) is 81.9 Å². The number of piperidine rings is 1. The van der Waals surface area contributed by atoms with Gasteiger partial charge in [0.25, 0.3) is 5.56 Å². The van der Waals surface area contributed by atoms with Crippen molar-refractivity contribution in [2.24, 2.45) is 0 Å². The molecule has 0 spiro atoms. The SMILES string of the molecule is Cc1c(CN2CCCC(c3cc(=O)[nH]c(-c4ccncc4)n3)C2)[nH]c2ccc(F)cc12. The Labute approximate surface area is 179 Å². The molecule has 0 bridgehead atoms. The molecular weight excluding hydrogens is 393 g/mol. The summed E-state index contributed by atoms with van der Waals surface area (Å²) >= 11 is 0. The lowest BCUT2D eigenvalue weighted by Crippen LogP contribution is -2.35. The minimum absolute atomic E-state index is 0.137. The molecule has 7 heteroatoms. The first-order valence-corrected chi connectivity index (χ1v) is 10.6. The molecule has 1 aliphatic rings. The van der Waals surface area contributed by atoms with Gasteiger partial charge in [0.05, 0.1) is 5.69 Å². The Kier molecular flexibility index (Phi) is 5.11. The van der Waals surface area contributed by atoms with Crippen molar-refractivity contribution in [3.8, 4) is 11.4 Å². The van der Waals surface area contributed by atoms with Crippen LogP contribution in [0.4, 0.5) is 4.39 Å². The molecule has 4 heterocycles. The smallest absolute Gasteiger partial charge is 0.251 e. The highest BCUT2D eigenvalue weighted by Crippen LogP contribution is 2.29. The molecule has 1 atom stereocenters. The topological polar surface area (TPSA) is 77.7 Å².